The van der Waals surface area contributed by atoms with Gasteiger partial charge in [0.2, 0.25) is 0 Å². The van der Waals surface area contributed by atoms with Gasteiger partial charge >= 0.3 is 5.97 Å². The number of imidazole rings is 1. The number of nitrogens with zero attached hydrogens (tertiary/aromatic N) is 2. The topological polar surface area (TPSA) is 55.1 Å². The number of hydrogen-bond acceptors (Lipinski definition) is 2. The van der Waals surface area contributed by atoms with E-state index in [1.54, 1.807) is 12.1 Å². The number of aromatic carboxylic acids is 1. The highest BCUT2D eigenvalue weighted by molar-refractivity contribution is 6.01. The molecule has 1 fully saturated rings. The van der Waals surface area contributed by atoms with Gasteiger partial charge < -0.3 is 9.67 Å². The maximum absolute atomic E-state index is 11.6. The van der Waals surface area contributed by atoms with Crippen molar-refractivity contribution in [2.45, 2.75) is 57.9 Å². The van der Waals surface area contributed by atoms with E-state index in [1.807, 2.05) is 6.07 Å². The molecule has 0 unspecified atom stereocenters. The van der Waals surface area contributed by atoms with Crippen molar-refractivity contribution in [1.29, 1.82) is 0 Å². The molecule has 0 radical (unpaired) electrons. The third-order valence-corrected chi connectivity index (χ3v) is 4.67. The number of para-hydroxylation sites is 1. The fourth-order valence-electron chi connectivity index (χ4n) is 3.68. The zero-order chi connectivity index (χ0) is 15.0. The first kappa shape index (κ1) is 14.1. The van der Waals surface area contributed by atoms with Crippen LogP contribution in [-0.2, 0) is 12.0 Å². The van der Waals surface area contributed by atoms with E-state index in [0.29, 0.717) is 5.56 Å². The molecule has 21 heavy (non-hydrogen) atoms. The molecule has 112 valence electrons. The first-order valence-electron chi connectivity index (χ1n) is 7.81. The van der Waals surface area contributed by atoms with Gasteiger partial charge in [0.05, 0.1) is 16.6 Å². The maximum Gasteiger partial charge on any atom is 0.337 e. The van der Waals surface area contributed by atoms with Crippen molar-refractivity contribution < 1.29 is 9.90 Å². The number of carboxylic acids is 1. The van der Waals surface area contributed by atoms with Gasteiger partial charge in [-0.25, -0.2) is 9.78 Å². The van der Waals surface area contributed by atoms with Crippen molar-refractivity contribution in [2.75, 3.05) is 0 Å². The number of rotatable bonds is 4. The summed E-state index contributed by atoms with van der Waals surface area (Å²) in [5.74, 6) is 0.164. The summed E-state index contributed by atoms with van der Waals surface area (Å²) in [5, 5.41) is 9.53. The standard InChI is InChI=1S/C17H22N2O2/c1-3-7-14-18-13-9-6-8-12(16(20)21)15(13)19(14)17(2)10-4-5-11-17/h6,8-9H,3-5,7,10-11H2,1-2H3,(H,20,21). The Kier molecular flexibility index (Phi) is 3.47. The average Bonchev–Trinajstić information content (AvgIpc) is 3.02. The first-order valence-corrected chi connectivity index (χ1v) is 7.81. The Morgan fingerprint density at radius 1 is 1.38 bits per heavy atom. The predicted molar refractivity (Wildman–Crippen MR) is 82.8 cm³/mol. The van der Waals surface area contributed by atoms with Gasteiger partial charge in [-0.2, -0.15) is 0 Å². The number of aromatic nitrogens is 2. The highest BCUT2D eigenvalue weighted by Crippen LogP contribution is 2.40. The van der Waals surface area contributed by atoms with Gasteiger partial charge in [0, 0.05) is 12.0 Å². The molecule has 1 N–H and O–H groups in total. The third-order valence-electron chi connectivity index (χ3n) is 4.67. The van der Waals surface area contributed by atoms with Gasteiger partial charge in [-0.05, 0) is 38.3 Å². The lowest BCUT2D eigenvalue weighted by molar-refractivity contribution is 0.0698. The Balaban J connectivity index is 2.32. The van der Waals surface area contributed by atoms with Crippen LogP contribution >= 0.6 is 0 Å². The second kappa shape index (κ2) is 5.17. The van der Waals surface area contributed by atoms with Crippen LogP contribution in [0, 0.1) is 0 Å². The summed E-state index contributed by atoms with van der Waals surface area (Å²) in [6.45, 7) is 4.39. The molecule has 0 aliphatic heterocycles. The number of carboxylic acid groups (broad SMARTS) is 1. The second-order valence-electron chi connectivity index (χ2n) is 6.30. The summed E-state index contributed by atoms with van der Waals surface area (Å²) in [5.41, 5.74) is 1.99. The molecule has 3 rings (SSSR count). The lowest BCUT2D eigenvalue weighted by atomic mass is 9.98. The Labute approximate surface area is 124 Å². The van der Waals surface area contributed by atoms with Crippen LogP contribution in [0.25, 0.3) is 11.0 Å². The molecule has 0 saturated heterocycles. The van der Waals surface area contributed by atoms with E-state index in [1.165, 1.54) is 12.8 Å². The van der Waals surface area contributed by atoms with E-state index in [-0.39, 0.29) is 5.54 Å². The van der Waals surface area contributed by atoms with Gasteiger partial charge in [-0.15, -0.1) is 0 Å². The molecular formula is C17H22N2O2. The maximum atomic E-state index is 11.6. The lowest BCUT2D eigenvalue weighted by Crippen LogP contribution is -2.28. The number of carbonyl (C=O) groups is 1. The van der Waals surface area contributed by atoms with Gasteiger partial charge in [-0.1, -0.05) is 25.8 Å². The van der Waals surface area contributed by atoms with Crippen molar-refractivity contribution in [3.05, 3.63) is 29.6 Å². The van der Waals surface area contributed by atoms with Crippen molar-refractivity contribution in [1.82, 2.24) is 9.55 Å². The minimum Gasteiger partial charge on any atom is -0.478 e. The van der Waals surface area contributed by atoms with E-state index >= 15 is 0 Å². The van der Waals surface area contributed by atoms with Crippen molar-refractivity contribution >= 4 is 17.0 Å². The van der Waals surface area contributed by atoms with Gasteiger partial charge in [0.15, 0.2) is 0 Å². The predicted octanol–water partition coefficient (Wildman–Crippen LogP) is 3.98. The van der Waals surface area contributed by atoms with E-state index < -0.39 is 5.97 Å². The zero-order valence-electron chi connectivity index (χ0n) is 12.7. The summed E-state index contributed by atoms with van der Waals surface area (Å²) in [4.78, 5) is 16.3. The molecular weight excluding hydrogens is 264 g/mol. The van der Waals surface area contributed by atoms with Crippen LogP contribution < -0.4 is 0 Å². The molecule has 2 aromatic rings. The molecule has 4 nitrogen and oxygen atoms in total. The normalized spacial score (nSPS) is 17.4. The molecule has 4 heteroatoms. The minimum absolute atomic E-state index is 0.00477. The molecule has 1 saturated carbocycles. The fourth-order valence-corrected chi connectivity index (χ4v) is 3.68. The highest BCUT2D eigenvalue weighted by Gasteiger charge is 2.34. The second-order valence-corrected chi connectivity index (χ2v) is 6.30. The number of benzene rings is 1. The van der Waals surface area contributed by atoms with E-state index in [4.69, 9.17) is 4.98 Å². The highest BCUT2D eigenvalue weighted by atomic mass is 16.4. The Bertz CT molecular complexity index is 681. The van der Waals surface area contributed by atoms with Crippen molar-refractivity contribution in [2.24, 2.45) is 0 Å². The smallest absolute Gasteiger partial charge is 0.337 e. The summed E-state index contributed by atoms with van der Waals surface area (Å²) < 4.78 is 2.24. The minimum atomic E-state index is -0.869. The largest absolute Gasteiger partial charge is 0.478 e. The van der Waals surface area contributed by atoms with Crippen LogP contribution in [0.5, 0.6) is 0 Å². The summed E-state index contributed by atoms with van der Waals surface area (Å²) in [6, 6.07) is 5.41. The van der Waals surface area contributed by atoms with E-state index in [9.17, 15) is 9.90 Å². The molecule has 0 spiro atoms. The van der Waals surface area contributed by atoms with Gasteiger partial charge in [-0.3, -0.25) is 0 Å². The first-order chi connectivity index (χ1) is 10.1. The Morgan fingerprint density at radius 3 is 2.71 bits per heavy atom. The Morgan fingerprint density at radius 2 is 2.10 bits per heavy atom. The summed E-state index contributed by atoms with van der Waals surface area (Å²) >= 11 is 0. The zero-order valence-corrected chi connectivity index (χ0v) is 12.7. The van der Waals surface area contributed by atoms with Crippen LogP contribution in [0.1, 0.15) is 62.1 Å². The third kappa shape index (κ3) is 2.23. The number of fused-ring (bicyclic) bond motifs is 1. The van der Waals surface area contributed by atoms with E-state index in [2.05, 4.69) is 18.4 Å². The molecule has 1 aliphatic carbocycles. The molecule has 1 heterocycles. The number of aryl methyl sites for hydroxylation is 1. The van der Waals surface area contributed by atoms with Crippen molar-refractivity contribution in [3.63, 3.8) is 0 Å². The van der Waals surface area contributed by atoms with Crippen LogP contribution in [0.15, 0.2) is 18.2 Å². The molecule has 1 aliphatic rings. The number of hydrogen-bond donors (Lipinski definition) is 1. The monoisotopic (exact) mass is 286 g/mol. The molecule has 1 aromatic heterocycles. The van der Waals surface area contributed by atoms with Gasteiger partial charge in [0.25, 0.3) is 0 Å². The quantitative estimate of drug-likeness (QED) is 0.925. The van der Waals surface area contributed by atoms with Crippen LogP contribution in [0.3, 0.4) is 0 Å². The SMILES string of the molecule is CCCc1nc2cccc(C(=O)O)c2n1C1(C)CCCC1. The molecule has 0 atom stereocenters. The molecule has 1 aromatic carbocycles. The average molecular weight is 286 g/mol. The van der Waals surface area contributed by atoms with Crippen molar-refractivity contribution in [3.8, 4) is 0 Å². The Hall–Kier alpha value is -1.84. The van der Waals surface area contributed by atoms with E-state index in [0.717, 1.165) is 42.5 Å². The molecule has 0 amide bonds. The van der Waals surface area contributed by atoms with Gasteiger partial charge in [0.1, 0.15) is 5.82 Å². The van der Waals surface area contributed by atoms with Crippen LogP contribution in [-0.4, -0.2) is 20.6 Å². The summed E-state index contributed by atoms with van der Waals surface area (Å²) in [7, 11) is 0. The van der Waals surface area contributed by atoms with Crippen LogP contribution in [0.4, 0.5) is 0 Å². The lowest BCUT2D eigenvalue weighted by Gasteiger charge is -2.29. The van der Waals surface area contributed by atoms with Crippen LogP contribution in [0.2, 0.25) is 0 Å². The fraction of sp³-hybridized carbons (Fsp3) is 0.529. The summed E-state index contributed by atoms with van der Waals surface area (Å²) in [6.07, 6.45) is 6.52. The molecule has 0 bridgehead atoms.